The third kappa shape index (κ3) is 7.90. The lowest BCUT2D eigenvalue weighted by atomic mass is 10.3. The number of rotatable bonds is 8. The molecule has 0 unspecified atom stereocenters. The van der Waals surface area contributed by atoms with Crippen LogP contribution < -0.4 is 0 Å². The Morgan fingerprint density at radius 1 is 1.00 bits per heavy atom. The zero-order valence-electron chi connectivity index (χ0n) is 10.2. The van der Waals surface area contributed by atoms with Crippen LogP contribution in [0.3, 0.4) is 0 Å². The Hall–Kier alpha value is -0.730. The maximum atomic E-state index is 4.26. The predicted octanol–water partition coefficient (Wildman–Crippen LogP) is 2.39. The minimum atomic E-state index is 1.13. The largest absolute Gasteiger partial charge is 0.361 e. The molecule has 0 aromatic carbocycles. The fourth-order valence-corrected chi connectivity index (χ4v) is 1.13. The lowest BCUT2D eigenvalue weighted by Crippen LogP contribution is -2.25. The lowest BCUT2D eigenvalue weighted by Gasteiger charge is -2.19. The first-order valence-corrected chi connectivity index (χ1v) is 5.66. The van der Waals surface area contributed by atoms with Crippen LogP contribution in [0.2, 0.25) is 0 Å². The summed E-state index contributed by atoms with van der Waals surface area (Å²) in [5.74, 6) is 0. The van der Waals surface area contributed by atoms with E-state index in [-0.39, 0.29) is 0 Å². The van der Waals surface area contributed by atoms with Crippen molar-refractivity contribution in [2.24, 2.45) is 5.10 Å². The summed E-state index contributed by atoms with van der Waals surface area (Å²) in [6.45, 7) is 6.71. The van der Waals surface area contributed by atoms with Gasteiger partial charge in [0, 0.05) is 27.2 Å². The van der Waals surface area contributed by atoms with Crippen LogP contribution in [-0.2, 0) is 0 Å². The van der Waals surface area contributed by atoms with E-state index in [0.717, 1.165) is 13.1 Å². The van der Waals surface area contributed by atoms with Crippen molar-refractivity contribution in [2.45, 2.75) is 39.5 Å². The first kappa shape index (κ1) is 13.3. The van der Waals surface area contributed by atoms with E-state index in [1.807, 2.05) is 25.4 Å². The summed E-state index contributed by atoms with van der Waals surface area (Å²) in [5, 5.41) is 6.10. The molecule has 0 N–H and O–H groups in total. The summed E-state index contributed by atoms with van der Waals surface area (Å²) in [7, 11) is 3.91. The van der Waals surface area contributed by atoms with E-state index in [0.29, 0.717) is 0 Å². The lowest BCUT2D eigenvalue weighted by molar-refractivity contribution is 0.382. The molecule has 0 fully saturated rings. The Morgan fingerprint density at radius 2 is 1.50 bits per heavy atom. The molecule has 3 nitrogen and oxygen atoms in total. The normalized spacial score (nSPS) is 10.9. The average molecular weight is 199 g/mol. The summed E-state index contributed by atoms with van der Waals surface area (Å²) in [6, 6.07) is 0. The fraction of sp³-hybridized carbons (Fsp3) is 0.909. The van der Waals surface area contributed by atoms with Gasteiger partial charge in [-0.2, -0.15) is 5.10 Å². The zero-order chi connectivity index (χ0) is 10.8. The molecule has 0 saturated heterocycles. The predicted molar refractivity (Wildman–Crippen MR) is 63.6 cm³/mol. The summed E-state index contributed by atoms with van der Waals surface area (Å²) in [6.07, 6.45) is 6.97. The highest BCUT2D eigenvalue weighted by Crippen LogP contribution is 1.96. The van der Waals surface area contributed by atoms with Crippen LogP contribution in [-0.4, -0.2) is 43.4 Å². The molecular weight excluding hydrogens is 174 g/mol. The van der Waals surface area contributed by atoms with Crippen LogP contribution >= 0.6 is 0 Å². The SMILES string of the molecule is CCCCN(/C=N/N(C)C)CCCC. The first-order valence-electron chi connectivity index (χ1n) is 5.66. The standard InChI is InChI=1S/C11H25N3/c1-5-7-9-14(10-8-6-2)11-12-13(3)4/h11H,5-10H2,1-4H3/b12-11+. The Morgan fingerprint density at radius 3 is 1.86 bits per heavy atom. The zero-order valence-corrected chi connectivity index (χ0v) is 10.2. The monoisotopic (exact) mass is 199 g/mol. The second kappa shape index (κ2) is 8.85. The molecule has 0 amide bonds. The maximum Gasteiger partial charge on any atom is 0.111 e. The van der Waals surface area contributed by atoms with Gasteiger partial charge < -0.3 is 9.91 Å². The quantitative estimate of drug-likeness (QED) is 0.339. The maximum absolute atomic E-state index is 4.26. The van der Waals surface area contributed by atoms with Gasteiger partial charge in [-0.1, -0.05) is 26.7 Å². The van der Waals surface area contributed by atoms with Gasteiger partial charge >= 0.3 is 0 Å². The highest BCUT2D eigenvalue weighted by Gasteiger charge is 1.98. The molecule has 0 aliphatic rings. The molecule has 0 bridgehead atoms. The van der Waals surface area contributed by atoms with E-state index in [1.54, 1.807) is 0 Å². The molecule has 84 valence electrons. The second-order valence-corrected chi connectivity index (χ2v) is 3.82. The van der Waals surface area contributed by atoms with Gasteiger partial charge in [0.05, 0.1) is 0 Å². The number of hydrogen-bond donors (Lipinski definition) is 0. The molecule has 0 rings (SSSR count). The van der Waals surface area contributed by atoms with Crippen molar-refractivity contribution >= 4 is 6.34 Å². The highest BCUT2D eigenvalue weighted by molar-refractivity contribution is 5.54. The molecule has 0 aromatic rings. The third-order valence-electron chi connectivity index (χ3n) is 2.04. The van der Waals surface area contributed by atoms with Crippen LogP contribution in [0.5, 0.6) is 0 Å². The number of unbranched alkanes of at least 4 members (excludes halogenated alkanes) is 2. The van der Waals surface area contributed by atoms with Crippen molar-refractivity contribution < 1.29 is 0 Å². The highest BCUT2D eigenvalue weighted by atomic mass is 15.4. The molecule has 0 atom stereocenters. The van der Waals surface area contributed by atoms with Crippen LogP contribution in [0.4, 0.5) is 0 Å². The Kier molecular flexibility index (Phi) is 8.39. The van der Waals surface area contributed by atoms with E-state index in [9.17, 15) is 0 Å². The Balaban J connectivity index is 3.83. The van der Waals surface area contributed by atoms with Crippen molar-refractivity contribution in [3.63, 3.8) is 0 Å². The molecule has 0 aromatic heterocycles. The van der Waals surface area contributed by atoms with Crippen LogP contribution in [0, 0.1) is 0 Å². The molecular formula is C11H25N3. The van der Waals surface area contributed by atoms with Gasteiger partial charge in [-0.25, -0.2) is 0 Å². The molecule has 0 aliphatic heterocycles. The van der Waals surface area contributed by atoms with Crippen molar-refractivity contribution in [1.82, 2.24) is 9.91 Å². The average Bonchev–Trinajstić information content (AvgIpc) is 2.16. The van der Waals surface area contributed by atoms with Crippen molar-refractivity contribution in [2.75, 3.05) is 27.2 Å². The van der Waals surface area contributed by atoms with Crippen molar-refractivity contribution in [1.29, 1.82) is 0 Å². The molecule has 0 saturated carbocycles. The summed E-state index contributed by atoms with van der Waals surface area (Å²) in [4.78, 5) is 2.31. The number of nitrogens with zero attached hydrogens (tertiary/aromatic N) is 3. The van der Waals surface area contributed by atoms with E-state index in [4.69, 9.17) is 0 Å². The van der Waals surface area contributed by atoms with Crippen molar-refractivity contribution in [3.8, 4) is 0 Å². The van der Waals surface area contributed by atoms with Crippen LogP contribution in [0.15, 0.2) is 5.10 Å². The Bertz CT molecular complexity index is 135. The molecule has 0 aliphatic carbocycles. The van der Waals surface area contributed by atoms with E-state index in [1.165, 1.54) is 25.7 Å². The summed E-state index contributed by atoms with van der Waals surface area (Å²) >= 11 is 0. The van der Waals surface area contributed by atoms with Gasteiger partial charge in [-0.05, 0) is 12.8 Å². The molecule has 0 spiro atoms. The Labute approximate surface area is 88.8 Å². The number of hydrazone groups is 1. The minimum absolute atomic E-state index is 1.13. The summed E-state index contributed by atoms with van der Waals surface area (Å²) < 4.78 is 0. The molecule has 3 heteroatoms. The topological polar surface area (TPSA) is 18.8 Å². The van der Waals surface area contributed by atoms with Gasteiger partial charge in [-0.3, -0.25) is 0 Å². The van der Waals surface area contributed by atoms with E-state index < -0.39 is 0 Å². The fourth-order valence-electron chi connectivity index (χ4n) is 1.13. The summed E-state index contributed by atoms with van der Waals surface area (Å²) in [5.41, 5.74) is 0. The van der Waals surface area contributed by atoms with Gasteiger partial charge in [0.1, 0.15) is 6.34 Å². The molecule has 0 heterocycles. The third-order valence-corrected chi connectivity index (χ3v) is 2.04. The van der Waals surface area contributed by atoms with Gasteiger partial charge in [0.15, 0.2) is 0 Å². The molecule has 14 heavy (non-hydrogen) atoms. The molecule has 0 radical (unpaired) electrons. The van der Waals surface area contributed by atoms with Gasteiger partial charge in [-0.15, -0.1) is 0 Å². The van der Waals surface area contributed by atoms with Crippen molar-refractivity contribution in [3.05, 3.63) is 0 Å². The van der Waals surface area contributed by atoms with Gasteiger partial charge in [0.25, 0.3) is 0 Å². The number of hydrogen-bond acceptors (Lipinski definition) is 2. The van der Waals surface area contributed by atoms with E-state index >= 15 is 0 Å². The smallest absolute Gasteiger partial charge is 0.111 e. The second-order valence-electron chi connectivity index (χ2n) is 3.82. The van der Waals surface area contributed by atoms with Gasteiger partial charge in [0.2, 0.25) is 0 Å². The van der Waals surface area contributed by atoms with Crippen LogP contribution in [0.1, 0.15) is 39.5 Å². The minimum Gasteiger partial charge on any atom is -0.361 e. The van der Waals surface area contributed by atoms with E-state index in [2.05, 4.69) is 23.8 Å². The first-order chi connectivity index (χ1) is 6.70. The van der Waals surface area contributed by atoms with Crippen LogP contribution in [0.25, 0.3) is 0 Å².